The molecular formula is C19H23ClN4O5S. The molecule has 0 aliphatic carbocycles. The second kappa shape index (κ2) is 10.3. The maximum absolute atomic E-state index is 12.6. The topological polar surface area (TPSA) is 131 Å². The van der Waals surface area contributed by atoms with Crippen LogP contribution in [0.15, 0.2) is 47.8 Å². The number of nitrogens with one attached hydrogen (secondary N) is 2. The minimum absolute atomic E-state index is 0.0561. The zero-order valence-electron chi connectivity index (χ0n) is 16.1. The molecule has 0 unspecified atom stereocenters. The van der Waals surface area contributed by atoms with Crippen molar-refractivity contribution in [2.75, 3.05) is 13.2 Å². The van der Waals surface area contributed by atoms with Crippen LogP contribution < -0.4 is 10.0 Å². The number of sulfonamides is 1. The van der Waals surface area contributed by atoms with Gasteiger partial charge in [0.15, 0.2) is 0 Å². The van der Waals surface area contributed by atoms with Crippen molar-refractivity contribution in [1.82, 2.24) is 20.0 Å². The zero-order chi connectivity index (χ0) is 21.6. The molecule has 9 nitrogen and oxygen atoms in total. The van der Waals surface area contributed by atoms with Gasteiger partial charge < -0.3 is 15.2 Å². The largest absolute Gasteiger partial charge is 0.394 e. The van der Waals surface area contributed by atoms with Crippen LogP contribution in [0.25, 0.3) is 0 Å². The number of hydrogen-bond acceptors (Lipinski definition) is 7. The third kappa shape index (κ3) is 5.96. The normalized spacial score (nSPS) is 21.9. The van der Waals surface area contributed by atoms with E-state index in [9.17, 15) is 18.3 Å². The van der Waals surface area contributed by atoms with Gasteiger partial charge in [-0.15, -0.1) is 0 Å². The van der Waals surface area contributed by atoms with Gasteiger partial charge in [0.05, 0.1) is 35.9 Å². The van der Waals surface area contributed by atoms with E-state index in [4.69, 9.17) is 16.3 Å². The van der Waals surface area contributed by atoms with Crippen LogP contribution in [0.1, 0.15) is 29.8 Å². The number of halogens is 1. The van der Waals surface area contributed by atoms with Crippen molar-refractivity contribution in [1.29, 1.82) is 0 Å². The summed E-state index contributed by atoms with van der Waals surface area (Å²) in [5.74, 6) is -0.329. The number of aliphatic hydroxyl groups is 1. The van der Waals surface area contributed by atoms with E-state index in [0.717, 1.165) is 0 Å². The van der Waals surface area contributed by atoms with Crippen molar-refractivity contribution >= 4 is 27.5 Å². The Morgan fingerprint density at radius 1 is 1.30 bits per heavy atom. The average molecular weight is 455 g/mol. The summed E-state index contributed by atoms with van der Waals surface area (Å²) in [4.78, 5) is 19.8. The van der Waals surface area contributed by atoms with Gasteiger partial charge in [-0.25, -0.2) is 18.1 Å². The molecule has 1 amide bonds. The molecule has 3 rings (SSSR count). The van der Waals surface area contributed by atoms with Crippen molar-refractivity contribution < 1.29 is 23.1 Å². The lowest BCUT2D eigenvalue weighted by molar-refractivity contribution is -0.0871. The first-order chi connectivity index (χ1) is 14.4. The third-order valence-electron chi connectivity index (χ3n) is 4.76. The van der Waals surface area contributed by atoms with Gasteiger partial charge in [0.25, 0.3) is 5.91 Å². The van der Waals surface area contributed by atoms with Gasteiger partial charge in [-0.2, -0.15) is 0 Å². The summed E-state index contributed by atoms with van der Waals surface area (Å²) in [5, 5.41) is 12.8. The fourth-order valence-corrected chi connectivity index (χ4v) is 4.83. The van der Waals surface area contributed by atoms with E-state index in [2.05, 4.69) is 20.0 Å². The van der Waals surface area contributed by atoms with Gasteiger partial charge >= 0.3 is 0 Å². The van der Waals surface area contributed by atoms with Crippen LogP contribution in [-0.4, -0.2) is 60.8 Å². The average Bonchev–Trinajstić information content (AvgIpc) is 2.75. The Balaban J connectivity index is 1.51. The Morgan fingerprint density at radius 3 is 2.83 bits per heavy atom. The van der Waals surface area contributed by atoms with Crippen molar-refractivity contribution in [2.45, 2.75) is 42.4 Å². The van der Waals surface area contributed by atoms with Crippen LogP contribution in [0.2, 0.25) is 5.02 Å². The minimum atomic E-state index is -3.80. The highest BCUT2D eigenvalue weighted by Gasteiger charge is 2.33. The summed E-state index contributed by atoms with van der Waals surface area (Å²) < 4.78 is 33.7. The number of aromatic nitrogens is 2. The lowest BCUT2D eigenvalue weighted by Gasteiger charge is -2.36. The fraction of sp³-hybridized carbons (Fsp3) is 0.421. The summed E-state index contributed by atoms with van der Waals surface area (Å²) in [6.45, 7) is 0.0301. The molecule has 0 saturated carbocycles. The summed E-state index contributed by atoms with van der Waals surface area (Å²) >= 11 is 5.88. The number of ether oxygens (including phenoxy) is 1. The van der Waals surface area contributed by atoms with Crippen LogP contribution in [0.4, 0.5) is 0 Å². The minimum Gasteiger partial charge on any atom is -0.394 e. The lowest BCUT2D eigenvalue weighted by atomic mass is 9.98. The summed E-state index contributed by atoms with van der Waals surface area (Å²) in [5.41, 5.74) is 0.228. The molecule has 1 fully saturated rings. The van der Waals surface area contributed by atoms with E-state index >= 15 is 0 Å². The maximum Gasteiger partial charge on any atom is 0.271 e. The SMILES string of the molecule is O=C(NCC[C@@H]1CC[C@@H](NS(=O)(=O)c2cccc(Cl)c2)[C@H](CO)O1)c1cnccn1. The zero-order valence-corrected chi connectivity index (χ0v) is 17.6. The number of amides is 1. The van der Waals surface area contributed by atoms with Gasteiger partial charge in [-0.1, -0.05) is 17.7 Å². The van der Waals surface area contributed by atoms with Gasteiger partial charge in [-0.05, 0) is 37.5 Å². The van der Waals surface area contributed by atoms with Gasteiger partial charge in [-0.3, -0.25) is 9.78 Å². The molecular weight excluding hydrogens is 432 g/mol. The standard InChI is InChI=1S/C19H23ClN4O5S/c20-13-2-1-3-15(10-13)30(27,28)24-16-5-4-14(29-18(16)12-25)6-7-23-19(26)17-11-21-8-9-22-17/h1-3,8-11,14,16,18,24-25H,4-7,12H2,(H,23,26)/t14-,16+,18-/m0/s1. The van der Waals surface area contributed by atoms with E-state index in [0.29, 0.717) is 30.8 Å². The third-order valence-corrected chi connectivity index (χ3v) is 6.48. The first-order valence-corrected chi connectivity index (χ1v) is 11.3. The van der Waals surface area contributed by atoms with E-state index in [1.54, 1.807) is 12.1 Å². The number of rotatable bonds is 8. The van der Waals surface area contributed by atoms with Crippen LogP contribution in [0, 0.1) is 0 Å². The highest BCUT2D eigenvalue weighted by atomic mass is 35.5. The molecule has 1 aromatic carbocycles. The van der Waals surface area contributed by atoms with E-state index < -0.39 is 22.2 Å². The molecule has 162 valence electrons. The van der Waals surface area contributed by atoms with Gasteiger partial charge in [0.1, 0.15) is 5.69 Å². The molecule has 2 aromatic rings. The highest BCUT2D eigenvalue weighted by Crippen LogP contribution is 2.24. The molecule has 0 spiro atoms. The predicted octanol–water partition coefficient (Wildman–Crippen LogP) is 1.14. The molecule has 0 radical (unpaired) electrons. The van der Waals surface area contributed by atoms with Crippen molar-refractivity contribution in [3.8, 4) is 0 Å². The second-order valence-electron chi connectivity index (χ2n) is 6.88. The number of benzene rings is 1. The van der Waals surface area contributed by atoms with Crippen molar-refractivity contribution in [2.24, 2.45) is 0 Å². The lowest BCUT2D eigenvalue weighted by Crippen LogP contribution is -2.51. The summed E-state index contributed by atoms with van der Waals surface area (Å²) in [6, 6.07) is 5.40. The molecule has 0 bridgehead atoms. The van der Waals surface area contributed by atoms with Crippen molar-refractivity contribution in [3.63, 3.8) is 0 Å². The molecule has 1 aliphatic rings. The summed E-state index contributed by atoms with van der Waals surface area (Å²) in [6.07, 6.45) is 5.01. The van der Waals surface area contributed by atoms with E-state index in [1.807, 2.05) is 0 Å². The molecule has 30 heavy (non-hydrogen) atoms. The number of carbonyl (C=O) groups excluding carboxylic acids is 1. The summed E-state index contributed by atoms with van der Waals surface area (Å²) in [7, 11) is -3.80. The number of aliphatic hydroxyl groups excluding tert-OH is 1. The first-order valence-electron chi connectivity index (χ1n) is 9.47. The van der Waals surface area contributed by atoms with Gasteiger partial charge in [0, 0.05) is 24.0 Å². The second-order valence-corrected chi connectivity index (χ2v) is 9.03. The molecule has 1 saturated heterocycles. The predicted molar refractivity (Wildman–Crippen MR) is 110 cm³/mol. The molecule has 1 aliphatic heterocycles. The van der Waals surface area contributed by atoms with Crippen molar-refractivity contribution in [3.05, 3.63) is 53.6 Å². The van der Waals surface area contributed by atoms with Crippen LogP contribution in [-0.2, 0) is 14.8 Å². The monoisotopic (exact) mass is 454 g/mol. The number of nitrogens with zero attached hydrogens (tertiary/aromatic N) is 2. The van der Waals surface area contributed by atoms with E-state index in [-0.39, 0.29) is 29.2 Å². The Kier molecular flexibility index (Phi) is 7.73. The van der Waals surface area contributed by atoms with Crippen LogP contribution in [0.5, 0.6) is 0 Å². The Morgan fingerprint density at radius 2 is 2.13 bits per heavy atom. The Hall–Kier alpha value is -2.11. The van der Waals surface area contributed by atoms with Crippen LogP contribution >= 0.6 is 11.6 Å². The quantitative estimate of drug-likeness (QED) is 0.545. The Bertz CT molecular complexity index is 960. The fourth-order valence-electron chi connectivity index (χ4n) is 3.23. The first kappa shape index (κ1) is 22.6. The smallest absolute Gasteiger partial charge is 0.271 e. The molecule has 3 atom stereocenters. The Labute approximate surface area is 179 Å². The molecule has 3 N–H and O–H groups in total. The maximum atomic E-state index is 12.6. The van der Waals surface area contributed by atoms with E-state index in [1.165, 1.54) is 30.7 Å². The number of hydrogen-bond donors (Lipinski definition) is 3. The highest BCUT2D eigenvalue weighted by molar-refractivity contribution is 7.89. The number of carbonyl (C=O) groups is 1. The molecule has 2 heterocycles. The van der Waals surface area contributed by atoms with Gasteiger partial charge in [0.2, 0.25) is 10.0 Å². The molecule has 1 aromatic heterocycles. The molecule has 11 heteroatoms. The van der Waals surface area contributed by atoms with Crippen LogP contribution in [0.3, 0.4) is 0 Å².